The fourth-order valence-electron chi connectivity index (χ4n) is 1.80. The van der Waals surface area contributed by atoms with Gasteiger partial charge in [0.15, 0.2) is 0 Å². The Balaban J connectivity index is 2.57. The summed E-state index contributed by atoms with van der Waals surface area (Å²) in [5.41, 5.74) is 8.30. The standard InChI is InChI=1S/C9H15N3O3/c1-2-15-9(14)6-3-4-8(13)7(5-6)11-12-10/h6-8,13H,2-5H2,1H3/t6-,7+,8-/m0/s1. The minimum atomic E-state index is -0.633. The van der Waals surface area contributed by atoms with Crippen LogP contribution in [0.25, 0.3) is 10.4 Å². The molecule has 1 aliphatic carbocycles. The maximum absolute atomic E-state index is 11.4. The van der Waals surface area contributed by atoms with Gasteiger partial charge in [0.05, 0.1) is 24.7 Å². The Morgan fingerprint density at radius 2 is 2.40 bits per heavy atom. The number of azide groups is 1. The van der Waals surface area contributed by atoms with Crippen LogP contribution in [0.3, 0.4) is 0 Å². The topological polar surface area (TPSA) is 95.3 Å². The van der Waals surface area contributed by atoms with Crippen LogP contribution in [-0.4, -0.2) is 29.8 Å². The molecule has 6 nitrogen and oxygen atoms in total. The zero-order valence-electron chi connectivity index (χ0n) is 8.67. The number of ether oxygens (including phenoxy) is 1. The third-order valence-electron chi connectivity index (χ3n) is 2.60. The molecule has 1 N–H and O–H groups in total. The Labute approximate surface area is 87.9 Å². The van der Waals surface area contributed by atoms with Crippen LogP contribution in [0.5, 0.6) is 0 Å². The number of carbonyl (C=O) groups is 1. The molecule has 0 spiro atoms. The Hall–Kier alpha value is -1.26. The molecule has 0 heterocycles. The third kappa shape index (κ3) is 3.11. The van der Waals surface area contributed by atoms with Gasteiger partial charge in [0.1, 0.15) is 0 Å². The average Bonchev–Trinajstić information content (AvgIpc) is 2.22. The molecule has 1 saturated carbocycles. The molecule has 0 aromatic rings. The molecule has 6 heteroatoms. The van der Waals surface area contributed by atoms with Crippen LogP contribution in [0, 0.1) is 5.92 Å². The van der Waals surface area contributed by atoms with Gasteiger partial charge in [-0.25, -0.2) is 0 Å². The van der Waals surface area contributed by atoms with Crippen molar-refractivity contribution in [1.29, 1.82) is 0 Å². The molecule has 0 aromatic carbocycles. The summed E-state index contributed by atoms with van der Waals surface area (Å²) in [6.07, 6.45) is 0.820. The number of aliphatic hydroxyl groups is 1. The van der Waals surface area contributed by atoms with Crippen LogP contribution in [0.1, 0.15) is 26.2 Å². The van der Waals surface area contributed by atoms with Crippen LogP contribution in [0.15, 0.2) is 5.11 Å². The molecule has 0 aliphatic heterocycles. The lowest BCUT2D eigenvalue weighted by Gasteiger charge is -2.28. The highest BCUT2D eigenvalue weighted by atomic mass is 16.5. The molecule has 1 fully saturated rings. The van der Waals surface area contributed by atoms with E-state index >= 15 is 0 Å². The highest BCUT2D eigenvalue weighted by molar-refractivity contribution is 5.72. The Bertz CT molecular complexity index is 276. The summed E-state index contributed by atoms with van der Waals surface area (Å²) in [4.78, 5) is 14.1. The maximum atomic E-state index is 11.4. The molecule has 0 bridgehead atoms. The van der Waals surface area contributed by atoms with Crippen molar-refractivity contribution in [2.45, 2.75) is 38.3 Å². The second-order valence-electron chi connectivity index (χ2n) is 3.60. The summed E-state index contributed by atoms with van der Waals surface area (Å²) in [6.45, 7) is 2.10. The number of carbonyl (C=O) groups excluding carboxylic acids is 1. The average molecular weight is 213 g/mol. The summed E-state index contributed by atoms with van der Waals surface area (Å²) >= 11 is 0. The number of hydrogen-bond donors (Lipinski definition) is 1. The third-order valence-corrected chi connectivity index (χ3v) is 2.60. The first-order valence-electron chi connectivity index (χ1n) is 5.08. The minimum Gasteiger partial charge on any atom is -0.466 e. The van der Waals surface area contributed by atoms with Crippen molar-refractivity contribution in [2.75, 3.05) is 6.61 Å². The van der Waals surface area contributed by atoms with E-state index in [0.717, 1.165) is 0 Å². The van der Waals surface area contributed by atoms with E-state index in [1.165, 1.54) is 0 Å². The normalized spacial score (nSPS) is 30.4. The summed E-state index contributed by atoms with van der Waals surface area (Å²) in [7, 11) is 0. The molecule has 1 rings (SSSR count). The molecule has 15 heavy (non-hydrogen) atoms. The molecule has 3 atom stereocenters. The van der Waals surface area contributed by atoms with Crippen LogP contribution in [-0.2, 0) is 9.53 Å². The van der Waals surface area contributed by atoms with Crippen molar-refractivity contribution in [3.63, 3.8) is 0 Å². The maximum Gasteiger partial charge on any atom is 0.308 e. The van der Waals surface area contributed by atoms with Gasteiger partial charge >= 0.3 is 5.97 Å². The first-order valence-corrected chi connectivity index (χ1v) is 5.08. The summed E-state index contributed by atoms with van der Waals surface area (Å²) in [5.74, 6) is -0.508. The van der Waals surface area contributed by atoms with Gasteiger partial charge in [-0.2, -0.15) is 0 Å². The number of aliphatic hydroxyl groups excluding tert-OH is 1. The molecule has 0 saturated heterocycles. The van der Waals surface area contributed by atoms with Crippen molar-refractivity contribution in [2.24, 2.45) is 11.0 Å². The van der Waals surface area contributed by atoms with E-state index in [1.54, 1.807) is 6.92 Å². The van der Waals surface area contributed by atoms with Gasteiger partial charge in [-0.3, -0.25) is 4.79 Å². The number of hydrogen-bond acceptors (Lipinski definition) is 4. The number of esters is 1. The molecule has 84 valence electrons. The summed E-state index contributed by atoms with van der Waals surface area (Å²) < 4.78 is 4.89. The van der Waals surface area contributed by atoms with E-state index < -0.39 is 12.1 Å². The van der Waals surface area contributed by atoms with Crippen molar-refractivity contribution >= 4 is 5.97 Å². The van der Waals surface area contributed by atoms with E-state index in [1.807, 2.05) is 0 Å². The second kappa shape index (κ2) is 5.58. The van der Waals surface area contributed by atoms with E-state index in [9.17, 15) is 9.90 Å². The molecular weight excluding hydrogens is 198 g/mol. The molecule has 1 aliphatic rings. The van der Waals surface area contributed by atoms with E-state index in [0.29, 0.717) is 25.9 Å². The molecular formula is C9H15N3O3. The lowest BCUT2D eigenvalue weighted by Crippen LogP contribution is -2.35. The second-order valence-corrected chi connectivity index (χ2v) is 3.60. The smallest absolute Gasteiger partial charge is 0.308 e. The van der Waals surface area contributed by atoms with E-state index in [-0.39, 0.29) is 11.9 Å². The van der Waals surface area contributed by atoms with Crippen LogP contribution in [0.2, 0.25) is 0 Å². The van der Waals surface area contributed by atoms with E-state index in [4.69, 9.17) is 10.3 Å². The minimum absolute atomic E-state index is 0.246. The Kier molecular flexibility index (Phi) is 4.39. The van der Waals surface area contributed by atoms with Gasteiger partial charge in [-0.1, -0.05) is 5.11 Å². The van der Waals surface area contributed by atoms with Gasteiger partial charge < -0.3 is 9.84 Å². The highest BCUT2D eigenvalue weighted by Crippen LogP contribution is 2.27. The summed E-state index contributed by atoms with van der Waals surface area (Å²) in [6, 6.07) is -0.502. The van der Waals surface area contributed by atoms with Gasteiger partial charge in [0, 0.05) is 4.91 Å². The summed E-state index contributed by atoms with van der Waals surface area (Å²) in [5, 5.41) is 13.0. The fraction of sp³-hybridized carbons (Fsp3) is 0.889. The van der Waals surface area contributed by atoms with Crippen LogP contribution < -0.4 is 0 Å². The van der Waals surface area contributed by atoms with Crippen molar-refractivity contribution < 1.29 is 14.6 Å². The van der Waals surface area contributed by atoms with Crippen molar-refractivity contribution in [1.82, 2.24) is 0 Å². The molecule has 0 radical (unpaired) electrons. The van der Waals surface area contributed by atoms with Gasteiger partial charge in [-0.05, 0) is 31.7 Å². The predicted octanol–water partition coefficient (Wildman–Crippen LogP) is 1.39. The highest BCUT2D eigenvalue weighted by Gasteiger charge is 2.32. The molecule has 0 aromatic heterocycles. The largest absolute Gasteiger partial charge is 0.466 e. The van der Waals surface area contributed by atoms with Gasteiger partial charge in [0.2, 0.25) is 0 Å². The van der Waals surface area contributed by atoms with Gasteiger partial charge in [0.25, 0.3) is 0 Å². The Morgan fingerprint density at radius 1 is 1.67 bits per heavy atom. The van der Waals surface area contributed by atoms with Crippen LogP contribution >= 0.6 is 0 Å². The quantitative estimate of drug-likeness (QED) is 0.332. The van der Waals surface area contributed by atoms with Crippen LogP contribution in [0.4, 0.5) is 0 Å². The van der Waals surface area contributed by atoms with E-state index in [2.05, 4.69) is 10.0 Å². The Morgan fingerprint density at radius 3 is 3.00 bits per heavy atom. The lowest BCUT2D eigenvalue weighted by molar-refractivity contribution is -0.150. The first-order chi connectivity index (χ1) is 7.19. The zero-order chi connectivity index (χ0) is 11.3. The first kappa shape index (κ1) is 11.8. The zero-order valence-corrected chi connectivity index (χ0v) is 8.67. The number of rotatable bonds is 3. The lowest BCUT2D eigenvalue weighted by atomic mass is 9.84. The van der Waals surface area contributed by atoms with Crippen molar-refractivity contribution in [3.8, 4) is 0 Å². The predicted molar refractivity (Wildman–Crippen MR) is 52.9 cm³/mol. The van der Waals surface area contributed by atoms with Crippen molar-refractivity contribution in [3.05, 3.63) is 10.4 Å². The fourth-order valence-corrected chi connectivity index (χ4v) is 1.80. The molecule has 0 amide bonds. The number of nitrogens with zero attached hydrogens (tertiary/aromatic N) is 3. The monoisotopic (exact) mass is 213 g/mol. The SMILES string of the molecule is CCOC(=O)[C@H]1CC[C@H](O)[C@H](N=[N+]=[N-])C1. The van der Waals surface area contributed by atoms with Gasteiger partial charge in [-0.15, -0.1) is 0 Å². The molecule has 0 unspecified atom stereocenters.